The topological polar surface area (TPSA) is 80.1 Å². The molecule has 1 spiro atoms. The second-order valence-corrected chi connectivity index (χ2v) is 15.0. The number of aromatic nitrogens is 2. The number of hydrogen-bond acceptors (Lipinski definition) is 8. The molecular formula is C30H42ClN5O4S. The van der Waals surface area contributed by atoms with Crippen molar-refractivity contribution in [2.75, 3.05) is 56.6 Å². The second-order valence-electron chi connectivity index (χ2n) is 13.6. The zero-order chi connectivity index (χ0) is 29.3. The highest BCUT2D eigenvalue weighted by Crippen LogP contribution is 2.45. The Morgan fingerprint density at radius 2 is 1.85 bits per heavy atom. The summed E-state index contributed by atoms with van der Waals surface area (Å²) in [6.45, 7) is 17.5. The van der Waals surface area contributed by atoms with Gasteiger partial charge in [0.2, 0.25) is 0 Å². The standard InChI is InChI=1S/C30H42ClN5O4S/c1-18-11-22-24-25(23(18)31)41-15-21(14-33-9-7-30(8-10-33)16-39-17-30)36(24)27(37)32-26(22)34-12-19(2)35(20(3)13-34)28(38)40-29(4,5)6/h11,19-21H,7-10,12-17H2,1-6H3/t19-,20+,21-/m0/s1. The average Bonchev–Trinajstić information content (AvgIpc) is 2.87. The molecule has 1 amide bonds. The highest BCUT2D eigenvalue weighted by atomic mass is 35.5. The first-order chi connectivity index (χ1) is 19.4. The number of piperidine rings is 1. The van der Waals surface area contributed by atoms with Gasteiger partial charge in [-0.15, -0.1) is 11.8 Å². The molecule has 11 heteroatoms. The van der Waals surface area contributed by atoms with Crippen molar-refractivity contribution in [3.8, 4) is 0 Å². The maximum Gasteiger partial charge on any atom is 0.410 e. The van der Waals surface area contributed by atoms with Crippen molar-refractivity contribution in [3.63, 3.8) is 0 Å². The van der Waals surface area contributed by atoms with Gasteiger partial charge in [0.15, 0.2) is 0 Å². The van der Waals surface area contributed by atoms with Crippen molar-refractivity contribution in [1.82, 2.24) is 19.4 Å². The second kappa shape index (κ2) is 10.6. The number of rotatable bonds is 3. The Bertz CT molecular complexity index is 1400. The van der Waals surface area contributed by atoms with E-state index in [4.69, 9.17) is 26.1 Å². The number of piperazine rings is 1. The van der Waals surface area contributed by atoms with Crippen LogP contribution in [0.4, 0.5) is 10.6 Å². The molecule has 5 heterocycles. The monoisotopic (exact) mass is 603 g/mol. The van der Waals surface area contributed by atoms with Crippen molar-refractivity contribution in [2.24, 2.45) is 5.41 Å². The molecule has 0 N–H and O–H groups in total. The first kappa shape index (κ1) is 29.1. The lowest BCUT2D eigenvalue weighted by Gasteiger charge is -2.48. The molecule has 3 atom stereocenters. The molecule has 6 rings (SSSR count). The van der Waals surface area contributed by atoms with Crippen molar-refractivity contribution >= 4 is 46.2 Å². The SMILES string of the molecule is Cc1cc2c(N3C[C@@H](C)N(C(=O)OC(C)(C)C)[C@@H](C)C3)nc(=O)n3c2c(c1Cl)SC[C@@H]3CN1CCC2(CC1)COC2. The van der Waals surface area contributed by atoms with Gasteiger partial charge >= 0.3 is 11.8 Å². The van der Waals surface area contributed by atoms with Gasteiger partial charge in [0.1, 0.15) is 11.4 Å². The van der Waals surface area contributed by atoms with Gasteiger partial charge in [0.05, 0.1) is 46.8 Å². The number of benzene rings is 1. The van der Waals surface area contributed by atoms with E-state index in [1.807, 2.05) is 51.0 Å². The minimum absolute atomic E-state index is 0.0244. The number of carbonyl (C=O) groups is 1. The molecule has 224 valence electrons. The Labute approximate surface area is 251 Å². The van der Waals surface area contributed by atoms with E-state index in [0.717, 1.165) is 72.8 Å². The van der Waals surface area contributed by atoms with Crippen LogP contribution < -0.4 is 10.6 Å². The minimum atomic E-state index is -0.563. The lowest BCUT2D eigenvalue weighted by molar-refractivity contribution is -0.140. The molecule has 0 radical (unpaired) electrons. The van der Waals surface area contributed by atoms with Crippen LogP contribution in [0.2, 0.25) is 5.02 Å². The van der Waals surface area contributed by atoms with Crippen LogP contribution in [-0.4, -0.2) is 94.8 Å². The summed E-state index contributed by atoms with van der Waals surface area (Å²) in [6, 6.07) is 1.88. The number of amides is 1. The van der Waals surface area contributed by atoms with E-state index in [-0.39, 0.29) is 29.9 Å². The predicted molar refractivity (Wildman–Crippen MR) is 164 cm³/mol. The fourth-order valence-electron chi connectivity index (χ4n) is 6.92. The van der Waals surface area contributed by atoms with Crippen molar-refractivity contribution in [2.45, 2.75) is 83.0 Å². The highest BCUT2D eigenvalue weighted by Gasteiger charge is 2.42. The van der Waals surface area contributed by atoms with Crippen LogP contribution in [0, 0.1) is 12.3 Å². The summed E-state index contributed by atoms with van der Waals surface area (Å²) < 4.78 is 13.1. The minimum Gasteiger partial charge on any atom is -0.444 e. The number of thioether (sulfide) groups is 1. The molecule has 9 nitrogen and oxygen atoms in total. The van der Waals surface area contributed by atoms with Crippen molar-refractivity contribution in [1.29, 1.82) is 0 Å². The number of likely N-dealkylation sites (tertiary alicyclic amines) is 1. The van der Waals surface area contributed by atoms with Crippen LogP contribution in [0.3, 0.4) is 0 Å². The summed E-state index contributed by atoms with van der Waals surface area (Å²) in [4.78, 5) is 39.1. The van der Waals surface area contributed by atoms with E-state index in [1.165, 1.54) is 0 Å². The smallest absolute Gasteiger partial charge is 0.410 e. The molecule has 41 heavy (non-hydrogen) atoms. The first-order valence-electron chi connectivity index (χ1n) is 14.8. The van der Waals surface area contributed by atoms with Gasteiger partial charge in [-0.05, 0) is 79.1 Å². The third-order valence-electron chi connectivity index (χ3n) is 9.08. The predicted octanol–water partition coefficient (Wildman–Crippen LogP) is 4.95. The van der Waals surface area contributed by atoms with E-state index in [9.17, 15) is 9.59 Å². The normalized spacial score (nSPS) is 26.4. The molecular weight excluding hydrogens is 562 g/mol. The largest absolute Gasteiger partial charge is 0.444 e. The van der Waals surface area contributed by atoms with E-state index in [2.05, 4.69) is 15.9 Å². The number of hydrogen-bond donors (Lipinski definition) is 0. The van der Waals surface area contributed by atoms with Gasteiger partial charge in [-0.25, -0.2) is 9.59 Å². The molecule has 4 aliphatic heterocycles. The molecule has 0 unspecified atom stereocenters. The number of aryl methyl sites for hydroxylation is 1. The van der Waals surface area contributed by atoms with E-state index in [1.54, 1.807) is 11.8 Å². The number of nitrogens with zero attached hydrogens (tertiary/aromatic N) is 5. The van der Waals surface area contributed by atoms with Crippen LogP contribution in [0.25, 0.3) is 10.9 Å². The van der Waals surface area contributed by atoms with E-state index >= 15 is 0 Å². The zero-order valence-corrected chi connectivity index (χ0v) is 26.6. The van der Waals surface area contributed by atoms with Gasteiger partial charge in [-0.3, -0.25) is 9.47 Å². The Hall–Kier alpha value is -2.01. The molecule has 2 aromatic rings. The van der Waals surface area contributed by atoms with E-state index in [0.29, 0.717) is 29.3 Å². The fourth-order valence-corrected chi connectivity index (χ4v) is 8.48. The van der Waals surface area contributed by atoms with Gasteiger partial charge in [0, 0.05) is 36.2 Å². The van der Waals surface area contributed by atoms with Gasteiger partial charge in [0.25, 0.3) is 0 Å². The van der Waals surface area contributed by atoms with Crippen LogP contribution in [0.5, 0.6) is 0 Å². The van der Waals surface area contributed by atoms with Gasteiger partial charge < -0.3 is 19.3 Å². The molecule has 3 saturated heterocycles. The molecule has 1 aromatic heterocycles. The maximum atomic E-state index is 13.9. The third-order valence-corrected chi connectivity index (χ3v) is 10.9. The number of ether oxygens (including phenoxy) is 2. The third kappa shape index (κ3) is 5.34. The maximum absolute atomic E-state index is 13.9. The fraction of sp³-hybridized carbons (Fsp3) is 0.700. The van der Waals surface area contributed by atoms with Crippen LogP contribution in [0.15, 0.2) is 15.8 Å². The lowest BCUT2D eigenvalue weighted by Crippen LogP contribution is -2.60. The summed E-state index contributed by atoms with van der Waals surface area (Å²) in [5.41, 5.74) is 1.46. The molecule has 0 saturated carbocycles. The lowest BCUT2D eigenvalue weighted by atomic mass is 9.77. The summed E-state index contributed by atoms with van der Waals surface area (Å²) in [6.07, 6.45) is 2.00. The zero-order valence-electron chi connectivity index (χ0n) is 25.0. The van der Waals surface area contributed by atoms with Crippen molar-refractivity contribution < 1.29 is 14.3 Å². The van der Waals surface area contributed by atoms with Crippen LogP contribution in [0.1, 0.15) is 59.1 Å². The quantitative estimate of drug-likeness (QED) is 0.488. The molecule has 0 bridgehead atoms. The van der Waals surface area contributed by atoms with Crippen LogP contribution >= 0.6 is 23.4 Å². The Balaban J connectivity index is 1.32. The molecule has 1 aromatic carbocycles. The molecule has 4 aliphatic rings. The average molecular weight is 604 g/mol. The Morgan fingerprint density at radius 3 is 2.44 bits per heavy atom. The number of anilines is 1. The van der Waals surface area contributed by atoms with E-state index < -0.39 is 5.60 Å². The molecule has 3 fully saturated rings. The Kier molecular flexibility index (Phi) is 7.53. The van der Waals surface area contributed by atoms with Gasteiger partial charge in [-0.2, -0.15) is 4.98 Å². The summed E-state index contributed by atoms with van der Waals surface area (Å²) in [5.74, 6) is 1.47. The van der Waals surface area contributed by atoms with Gasteiger partial charge in [-0.1, -0.05) is 11.6 Å². The number of halogens is 1. The summed E-state index contributed by atoms with van der Waals surface area (Å²) in [5, 5.41) is 1.67. The first-order valence-corrected chi connectivity index (χ1v) is 16.2. The van der Waals surface area contributed by atoms with Crippen LogP contribution in [-0.2, 0) is 9.47 Å². The summed E-state index contributed by atoms with van der Waals surface area (Å²) >= 11 is 8.62. The highest BCUT2D eigenvalue weighted by molar-refractivity contribution is 7.99. The number of carbonyl (C=O) groups excluding carboxylic acids is 1. The Morgan fingerprint density at radius 1 is 1.20 bits per heavy atom. The van der Waals surface area contributed by atoms with Crippen molar-refractivity contribution in [3.05, 3.63) is 27.1 Å². The molecule has 0 aliphatic carbocycles. The summed E-state index contributed by atoms with van der Waals surface area (Å²) in [7, 11) is 0.